The first-order chi connectivity index (χ1) is 11.3. The van der Waals surface area contributed by atoms with E-state index in [0.29, 0.717) is 20.1 Å². The van der Waals surface area contributed by atoms with E-state index < -0.39 is 10.9 Å². The summed E-state index contributed by atoms with van der Waals surface area (Å²) in [5, 5.41) is 10.9. The first-order valence-electron chi connectivity index (χ1n) is 6.57. The van der Waals surface area contributed by atoms with Gasteiger partial charge in [-0.15, -0.1) is 0 Å². The first kappa shape index (κ1) is 18.8. The van der Waals surface area contributed by atoms with Gasteiger partial charge in [-0.1, -0.05) is 31.9 Å². The summed E-state index contributed by atoms with van der Waals surface area (Å²) in [4.78, 5) is 22.7. The van der Waals surface area contributed by atoms with E-state index in [1.807, 2.05) is 0 Å². The summed E-state index contributed by atoms with van der Waals surface area (Å²) in [6.45, 7) is 1.37. The Bertz CT molecular complexity index is 832. The van der Waals surface area contributed by atoms with Crippen molar-refractivity contribution in [2.75, 3.05) is 0 Å². The number of benzene rings is 2. The standard InChI is InChI=1S/C16H10Br3NO4/c1-9(20(22)23)6-11-7-13(18)8-14(19)15(11)24-16(21)10-2-4-12(17)5-3-10/h2-8H,1H3/b9-6+. The van der Waals surface area contributed by atoms with Gasteiger partial charge in [0.15, 0.2) is 5.75 Å². The first-order valence-corrected chi connectivity index (χ1v) is 8.95. The molecule has 24 heavy (non-hydrogen) atoms. The van der Waals surface area contributed by atoms with Crippen LogP contribution in [0.2, 0.25) is 0 Å². The number of esters is 1. The summed E-state index contributed by atoms with van der Waals surface area (Å²) in [7, 11) is 0. The second-order valence-electron chi connectivity index (χ2n) is 4.75. The SMILES string of the molecule is C/C(=C\c1cc(Br)cc(Br)c1OC(=O)c1ccc(Br)cc1)[N+](=O)[O-]. The molecule has 0 N–H and O–H groups in total. The number of carbonyl (C=O) groups is 1. The zero-order valence-electron chi connectivity index (χ0n) is 12.3. The van der Waals surface area contributed by atoms with Crippen LogP contribution in [0, 0.1) is 10.1 Å². The summed E-state index contributed by atoms with van der Waals surface area (Å²) in [6.07, 6.45) is 1.35. The lowest BCUT2D eigenvalue weighted by Crippen LogP contribution is -2.10. The molecule has 0 spiro atoms. The lowest BCUT2D eigenvalue weighted by atomic mass is 10.1. The van der Waals surface area contributed by atoms with Gasteiger partial charge in [-0.3, -0.25) is 10.1 Å². The Kier molecular flexibility index (Phi) is 6.31. The highest BCUT2D eigenvalue weighted by molar-refractivity contribution is 9.11. The number of allylic oxidation sites excluding steroid dienone is 1. The molecule has 2 aromatic carbocycles. The van der Waals surface area contributed by atoms with Gasteiger partial charge >= 0.3 is 5.97 Å². The van der Waals surface area contributed by atoms with Crippen molar-refractivity contribution in [3.05, 3.63) is 76.8 Å². The second kappa shape index (κ2) is 8.04. The van der Waals surface area contributed by atoms with E-state index >= 15 is 0 Å². The van der Waals surface area contributed by atoms with Gasteiger partial charge in [-0.05, 0) is 52.3 Å². The lowest BCUT2D eigenvalue weighted by molar-refractivity contribution is -0.422. The molecular weight excluding hydrogens is 510 g/mol. The van der Waals surface area contributed by atoms with Crippen molar-refractivity contribution >= 4 is 59.8 Å². The van der Waals surface area contributed by atoms with Crippen LogP contribution in [0.15, 0.2) is 55.5 Å². The van der Waals surface area contributed by atoms with Gasteiger partial charge in [-0.2, -0.15) is 0 Å². The van der Waals surface area contributed by atoms with Crippen LogP contribution in [-0.4, -0.2) is 10.9 Å². The van der Waals surface area contributed by atoms with Crippen LogP contribution in [0.3, 0.4) is 0 Å². The van der Waals surface area contributed by atoms with Gasteiger partial charge in [0.1, 0.15) is 0 Å². The third-order valence-electron chi connectivity index (χ3n) is 2.96. The fraction of sp³-hybridized carbons (Fsp3) is 0.0625. The highest BCUT2D eigenvalue weighted by Gasteiger charge is 2.16. The monoisotopic (exact) mass is 517 g/mol. The van der Waals surface area contributed by atoms with Gasteiger partial charge < -0.3 is 4.74 Å². The van der Waals surface area contributed by atoms with Gasteiger partial charge in [0, 0.05) is 27.5 Å². The lowest BCUT2D eigenvalue weighted by Gasteiger charge is -2.11. The maximum absolute atomic E-state index is 12.3. The highest BCUT2D eigenvalue weighted by atomic mass is 79.9. The molecule has 2 aromatic rings. The molecule has 0 unspecified atom stereocenters. The molecule has 2 rings (SSSR count). The third kappa shape index (κ3) is 4.75. The average Bonchev–Trinajstić information content (AvgIpc) is 2.51. The Hall–Kier alpha value is -1.51. The Balaban J connectivity index is 2.42. The molecular formula is C16H10Br3NO4. The predicted octanol–water partition coefficient (Wildman–Crippen LogP) is 5.83. The van der Waals surface area contributed by atoms with Crippen LogP contribution in [0.5, 0.6) is 5.75 Å². The van der Waals surface area contributed by atoms with Crippen molar-refractivity contribution in [1.82, 2.24) is 0 Å². The zero-order valence-corrected chi connectivity index (χ0v) is 17.0. The summed E-state index contributed by atoms with van der Waals surface area (Å²) in [5.41, 5.74) is 0.714. The molecule has 0 aliphatic carbocycles. The summed E-state index contributed by atoms with van der Waals surface area (Å²) in [5.74, 6) is -0.341. The van der Waals surface area contributed by atoms with Gasteiger partial charge in [0.05, 0.1) is 15.0 Å². The third-order valence-corrected chi connectivity index (χ3v) is 4.54. The molecule has 0 bridgehead atoms. The van der Waals surface area contributed by atoms with E-state index in [0.717, 1.165) is 4.47 Å². The molecule has 124 valence electrons. The summed E-state index contributed by atoms with van der Waals surface area (Å²) < 4.78 is 7.49. The van der Waals surface area contributed by atoms with E-state index in [1.54, 1.807) is 36.4 Å². The maximum Gasteiger partial charge on any atom is 0.343 e. The average molecular weight is 520 g/mol. The quantitative estimate of drug-likeness (QED) is 0.220. The molecule has 0 saturated heterocycles. The Morgan fingerprint density at radius 2 is 1.75 bits per heavy atom. The van der Waals surface area contributed by atoms with Crippen LogP contribution in [0.4, 0.5) is 0 Å². The van der Waals surface area contributed by atoms with Crippen LogP contribution in [0.25, 0.3) is 6.08 Å². The van der Waals surface area contributed by atoms with Crippen molar-refractivity contribution in [1.29, 1.82) is 0 Å². The van der Waals surface area contributed by atoms with Crippen LogP contribution in [0.1, 0.15) is 22.8 Å². The number of hydrogen-bond donors (Lipinski definition) is 0. The zero-order chi connectivity index (χ0) is 17.9. The Morgan fingerprint density at radius 3 is 2.33 bits per heavy atom. The Morgan fingerprint density at radius 1 is 1.12 bits per heavy atom. The van der Waals surface area contributed by atoms with Crippen molar-refractivity contribution in [2.24, 2.45) is 0 Å². The molecule has 0 radical (unpaired) electrons. The fourth-order valence-corrected chi connectivity index (χ4v) is 3.41. The molecule has 0 heterocycles. The second-order valence-corrected chi connectivity index (χ2v) is 7.43. The molecule has 0 fully saturated rings. The molecule has 0 aromatic heterocycles. The molecule has 0 saturated carbocycles. The van der Waals surface area contributed by atoms with E-state index in [1.165, 1.54) is 13.0 Å². The number of halogens is 3. The molecule has 0 amide bonds. The number of rotatable bonds is 4. The summed E-state index contributed by atoms with van der Waals surface area (Å²) in [6, 6.07) is 10.0. The predicted molar refractivity (Wildman–Crippen MR) is 102 cm³/mol. The largest absolute Gasteiger partial charge is 0.421 e. The number of nitrogens with zero attached hydrogens (tertiary/aromatic N) is 1. The van der Waals surface area contributed by atoms with Gasteiger partial charge in [0.25, 0.3) is 0 Å². The fourth-order valence-electron chi connectivity index (χ4n) is 1.81. The van der Waals surface area contributed by atoms with Gasteiger partial charge in [-0.25, -0.2) is 4.79 Å². The smallest absolute Gasteiger partial charge is 0.343 e. The number of nitro groups is 1. The van der Waals surface area contributed by atoms with Gasteiger partial charge in [0.2, 0.25) is 5.70 Å². The van der Waals surface area contributed by atoms with E-state index in [-0.39, 0.29) is 11.4 Å². The maximum atomic E-state index is 12.3. The van der Waals surface area contributed by atoms with Crippen LogP contribution >= 0.6 is 47.8 Å². The summed E-state index contributed by atoms with van der Waals surface area (Å²) >= 11 is 9.94. The van der Waals surface area contributed by atoms with Crippen molar-refractivity contribution < 1.29 is 14.5 Å². The van der Waals surface area contributed by atoms with Crippen molar-refractivity contribution in [3.63, 3.8) is 0 Å². The topological polar surface area (TPSA) is 69.4 Å². The van der Waals surface area contributed by atoms with Crippen LogP contribution < -0.4 is 4.74 Å². The van der Waals surface area contributed by atoms with E-state index in [4.69, 9.17) is 4.74 Å². The van der Waals surface area contributed by atoms with E-state index in [9.17, 15) is 14.9 Å². The van der Waals surface area contributed by atoms with Crippen molar-refractivity contribution in [2.45, 2.75) is 6.92 Å². The van der Waals surface area contributed by atoms with Crippen LogP contribution in [-0.2, 0) is 0 Å². The molecule has 0 aliphatic rings. The molecule has 8 heteroatoms. The number of ether oxygens (including phenoxy) is 1. The number of carbonyl (C=O) groups excluding carboxylic acids is 1. The Labute approximate surface area is 163 Å². The molecule has 0 atom stereocenters. The normalized spacial score (nSPS) is 11.2. The molecule has 0 aliphatic heterocycles. The minimum Gasteiger partial charge on any atom is -0.421 e. The molecule has 5 nitrogen and oxygen atoms in total. The number of hydrogen-bond acceptors (Lipinski definition) is 4. The minimum atomic E-state index is -0.557. The highest BCUT2D eigenvalue weighted by Crippen LogP contribution is 2.35. The minimum absolute atomic E-state index is 0.0686. The van der Waals surface area contributed by atoms with E-state index in [2.05, 4.69) is 47.8 Å². The van der Waals surface area contributed by atoms with Crippen molar-refractivity contribution in [3.8, 4) is 5.75 Å².